The van der Waals surface area contributed by atoms with Crippen molar-refractivity contribution in [1.29, 1.82) is 0 Å². The molecule has 3 aromatic heterocycles. The second kappa shape index (κ2) is 8.12. The van der Waals surface area contributed by atoms with Crippen molar-refractivity contribution in [1.82, 2.24) is 14.8 Å². The molecule has 0 N–H and O–H groups in total. The Kier molecular flexibility index (Phi) is 5.42. The Morgan fingerprint density at radius 2 is 2.00 bits per heavy atom. The lowest BCUT2D eigenvalue weighted by atomic mass is 10.1. The number of thioether (sulfide) groups is 1. The number of hydrogen-bond donors (Lipinski definition) is 0. The van der Waals surface area contributed by atoms with Crippen LogP contribution in [0.25, 0.3) is 10.7 Å². The normalized spacial score (nSPS) is 11.0. The first-order valence-electron chi connectivity index (χ1n) is 8.12. The Balaban J connectivity index is 1.56. The molecule has 0 spiro atoms. The van der Waals surface area contributed by atoms with E-state index in [0.717, 1.165) is 16.5 Å². The largest absolute Gasteiger partial charge is 0.467 e. The van der Waals surface area contributed by atoms with Crippen molar-refractivity contribution in [3.05, 3.63) is 76.5 Å². The molecule has 27 heavy (non-hydrogen) atoms. The first kappa shape index (κ1) is 18.0. The van der Waals surface area contributed by atoms with Gasteiger partial charge in [-0.1, -0.05) is 29.4 Å². The molecule has 8 heteroatoms. The molecule has 0 fully saturated rings. The Bertz CT molecular complexity index is 1030. The van der Waals surface area contributed by atoms with Crippen molar-refractivity contribution in [3.63, 3.8) is 0 Å². The van der Waals surface area contributed by atoms with Gasteiger partial charge in [-0.15, -0.1) is 21.5 Å². The SMILES string of the molecule is O=C(CSc1nnc(-c2cccs2)n1Cc1ccco1)c1ccc(Cl)cc1. The lowest BCUT2D eigenvalue weighted by Crippen LogP contribution is -2.06. The Morgan fingerprint density at radius 1 is 1.15 bits per heavy atom. The van der Waals surface area contributed by atoms with Crippen LogP contribution >= 0.6 is 34.7 Å². The maximum atomic E-state index is 12.5. The van der Waals surface area contributed by atoms with Gasteiger partial charge in [-0.25, -0.2) is 0 Å². The van der Waals surface area contributed by atoms with Gasteiger partial charge < -0.3 is 4.42 Å². The zero-order valence-electron chi connectivity index (χ0n) is 14.0. The molecule has 0 bridgehead atoms. The van der Waals surface area contributed by atoms with Crippen LogP contribution in [0.1, 0.15) is 16.1 Å². The predicted octanol–water partition coefficient (Wildman–Crippen LogP) is 5.28. The molecule has 0 saturated carbocycles. The van der Waals surface area contributed by atoms with Crippen molar-refractivity contribution in [2.75, 3.05) is 5.75 Å². The van der Waals surface area contributed by atoms with Gasteiger partial charge in [0.25, 0.3) is 0 Å². The molecule has 4 rings (SSSR count). The molecule has 0 unspecified atom stereocenters. The minimum atomic E-state index is 0.0156. The fourth-order valence-electron chi connectivity index (χ4n) is 2.53. The van der Waals surface area contributed by atoms with Crippen LogP contribution in [0.2, 0.25) is 5.02 Å². The fraction of sp³-hybridized carbons (Fsp3) is 0.105. The first-order chi connectivity index (χ1) is 13.2. The molecule has 0 amide bonds. The number of Topliss-reactive ketones (excluding diaryl/α,β-unsaturated/α-hetero) is 1. The zero-order chi connectivity index (χ0) is 18.6. The number of hydrogen-bond acceptors (Lipinski definition) is 6. The second-order valence-corrected chi connectivity index (χ2v) is 7.99. The maximum absolute atomic E-state index is 12.5. The molecule has 1 aromatic carbocycles. The average Bonchev–Trinajstić information content (AvgIpc) is 3.43. The van der Waals surface area contributed by atoms with Crippen molar-refractivity contribution < 1.29 is 9.21 Å². The van der Waals surface area contributed by atoms with Crippen LogP contribution in [-0.2, 0) is 6.54 Å². The number of halogens is 1. The summed E-state index contributed by atoms with van der Waals surface area (Å²) in [6.45, 7) is 0.505. The van der Waals surface area contributed by atoms with Gasteiger partial charge in [0.2, 0.25) is 0 Å². The first-order valence-corrected chi connectivity index (χ1v) is 10.4. The molecule has 0 saturated heterocycles. The van der Waals surface area contributed by atoms with Gasteiger partial charge in [0.05, 0.1) is 23.4 Å². The molecule has 0 aliphatic carbocycles. The highest BCUT2D eigenvalue weighted by Gasteiger charge is 2.18. The summed E-state index contributed by atoms with van der Waals surface area (Å²) in [5.41, 5.74) is 0.627. The summed E-state index contributed by atoms with van der Waals surface area (Å²) in [5, 5.41) is 11.9. The van der Waals surface area contributed by atoms with E-state index in [0.29, 0.717) is 22.3 Å². The van der Waals surface area contributed by atoms with Crippen molar-refractivity contribution in [2.24, 2.45) is 0 Å². The summed E-state index contributed by atoms with van der Waals surface area (Å²) >= 11 is 8.84. The number of carbonyl (C=O) groups is 1. The van der Waals surface area contributed by atoms with Gasteiger partial charge >= 0.3 is 0 Å². The third kappa shape index (κ3) is 4.16. The van der Waals surface area contributed by atoms with E-state index in [1.165, 1.54) is 11.8 Å². The standard InChI is InChI=1S/C19H14ClN3O2S2/c20-14-7-5-13(6-8-14)16(24)12-27-19-22-21-18(17-4-2-10-26-17)23(19)11-15-3-1-9-25-15/h1-10H,11-12H2. The molecule has 5 nitrogen and oxygen atoms in total. The van der Waals surface area contributed by atoms with Gasteiger partial charge in [0, 0.05) is 10.6 Å². The lowest BCUT2D eigenvalue weighted by Gasteiger charge is -2.07. The number of carbonyl (C=O) groups excluding carboxylic acids is 1. The average molecular weight is 416 g/mol. The minimum Gasteiger partial charge on any atom is -0.467 e. The van der Waals surface area contributed by atoms with Crippen molar-refractivity contribution in [3.8, 4) is 10.7 Å². The van der Waals surface area contributed by atoms with Gasteiger partial charge in [-0.2, -0.15) is 0 Å². The van der Waals surface area contributed by atoms with Crippen LogP contribution in [0.4, 0.5) is 0 Å². The van der Waals surface area contributed by atoms with Crippen LogP contribution < -0.4 is 0 Å². The second-order valence-electron chi connectivity index (χ2n) is 5.67. The van der Waals surface area contributed by atoms with Crippen LogP contribution in [0, 0.1) is 0 Å². The van der Waals surface area contributed by atoms with Crippen molar-refractivity contribution in [2.45, 2.75) is 11.7 Å². The van der Waals surface area contributed by atoms with Crippen LogP contribution in [0.5, 0.6) is 0 Å². The summed E-state index contributed by atoms with van der Waals surface area (Å²) in [6.07, 6.45) is 1.64. The number of ketones is 1. The molecule has 0 atom stereocenters. The number of aromatic nitrogens is 3. The molecular formula is C19H14ClN3O2S2. The maximum Gasteiger partial charge on any atom is 0.192 e. The molecule has 4 aromatic rings. The zero-order valence-corrected chi connectivity index (χ0v) is 16.4. The number of thiophene rings is 1. The molecule has 136 valence electrons. The highest BCUT2D eigenvalue weighted by atomic mass is 35.5. The monoisotopic (exact) mass is 415 g/mol. The van der Waals surface area contributed by atoms with Gasteiger partial charge in [0.15, 0.2) is 16.8 Å². The fourth-order valence-corrected chi connectivity index (χ4v) is 4.21. The topological polar surface area (TPSA) is 60.9 Å². The van der Waals surface area contributed by atoms with Crippen LogP contribution in [0.15, 0.2) is 69.7 Å². The summed E-state index contributed by atoms with van der Waals surface area (Å²) < 4.78 is 7.46. The molecule has 0 aliphatic heterocycles. The molecule has 0 aliphatic rings. The number of rotatable bonds is 7. The molecule has 3 heterocycles. The van der Waals surface area contributed by atoms with Gasteiger partial charge in [-0.05, 0) is 47.8 Å². The van der Waals surface area contributed by atoms with E-state index in [2.05, 4.69) is 10.2 Å². The van der Waals surface area contributed by atoms with E-state index in [1.807, 2.05) is 34.2 Å². The van der Waals surface area contributed by atoms with E-state index < -0.39 is 0 Å². The van der Waals surface area contributed by atoms with E-state index in [-0.39, 0.29) is 11.5 Å². The van der Waals surface area contributed by atoms with Gasteiger partial charge in [0.1, 0.15) is 5.76 Å². The smallest absolute Gasteiger partial charge is 0.192 e. The predicted molar refractivity (Wildman–Crippen MR) is 108 cm³/mol. The number of benzene rings is 1. The Hall–Kier alpha value is -2.35. The van der Waals surface area contributed by atoms with E-state index in [9.17, 15) is 4.79 Å². The highest BCUT2D eigenvalue weighted by molar-refractivity contribution is 7.99. The van der Waals surface area contributed by atoms with E-state index in [1.54, 1.807) is 41.9 Å². The Labute approximate surface area is 169 Å². The number of furan rings is 1. The van der Waals surface area contributed by atoms with Crippen LogP contribution in [-0.4, -0.2) is 26.3 Å². The summed E-state index contributed by atoms with van der Waals surface area (Å²) in [5.74, 6) is 1.85. The van der Waals surface area contributed by atoms with E-state index >= 15 is 0 Å². The summed E-state index contributed by atoms with van der Waals surface area (Å²) in [4.78, 5) is 13.5. The third-order valence-corrected chi connectivity index (χ3v) is 5.94. The summed E-state index contributed by atoms with van der Waals surface area (Å²) in [7, 11) is 0. The number of nitrogens with zero attached hydrogens (tertiary/aromatic N) is 3. The molecule has 0 radical (unpaired) electrons. The molecular weight excluding hydrogens is 402 g/mol. The van der Waals surface area contributed by atoms with E-state index in [4.69, 9.17) is 16.0 Å². The third-order valence-electron chi connectivity index (χ3n) is 3.85. The Morgan fingerprint density at radius 3 is 2.70 bits per heavy atom. The minimum absolute atomic E-state index is 0.0156. The van der Waals surface area contributed by atoms with Crippen LogP contribution in [0.3, 0.4) is 0 Å². The highest BCUT2D eigenvalue weighted by Crippen LogP contribution is 2.28. The van der Waals surface area contributed by atoms with Gasteiger partial charge in [-0.3, -0.25) is 9.36 Å². The summed E-state index contributed by atoms with van der Waals surface area (Å²) in [6, 6.07) is 14.6. The quantitative estimate of drug-likeness (QED) is 0.303. The lowest BCUT2D eigenvalue weighted by molar-refractivity contribution is 0.102. The van der Waals surface area contributed by atoms with Crippen molar-refractivity contribution >= 4 is 40.5 Å².